The summed E-state index contributed by atoms with van der Waals surface area (Å²) in [4.78, 5) is 27.1. The standard InChI is InChI=1S/C15H20N4O2/c1-7-12(11(5)20)8(2)16-13(7)15(21)17-14-9(3)18-19(6)10(14)4/h16H,1-6H3,(H,17,21). The lowest BCUT2D eigenvalue weighted by molar-refractivity contribution is 0.101. The van der Waals surface area contributed by atoms with Crippen LogP contribution in [0, 0.1) is 27.7 Å². The highest BCUT2D eigenvalue weighted by Gasteiger charge is 2.21. The molecule has 0 fully saturated rings. The van der Waals surface area contributed by atoms with Crippen LogP contribution < -0.4 is 5.32 Å². The number of aromatic amines is 1. The van der Waals surface area contributed by atoms with Gasteiger partial charge in [-0.25, -0.2) is 0 Å². The summed E-state index contributed by atoms with van der Waals surface area (Å²) >= 11 is 0. The maximum atomic E-state index is 12.4. The first kappa shape index (κ1) is 15.0. The Balaban J connectivity index is 2.38. The normalized spacial score (nSPS) is 10.8. The van der Waals surface area contributed by atoms with Crippen LogP contribution in [-0.2, 0) is 7.05 Å². The van der Waals surface area contributed by atoms with Gasteiger partial charge in [0, 0.05) is 18.3 Å². The van der Waals surface area contributed by atoms with Gasteiger partial charge in [-0.3, -0.25) is 14.3 Å². The van der Waals surface area contributed by atoms with Crippen LogP contribution in [0.15, 0.2) is 0 Å². The molecular formula is C15H20N4O2. The van der Waals surface area contributed by atoms with E-state index in [-0.39, 0.29) is 11.7 Å². The fraction of sp³-hybridized carbons (Fsp3) is 0.400. The van der Waals surface area contributed by atoms with Gasteiger partial charge in [0.1, 0.15) is 5.69 Å². The van der Waals surface area contributed by atoms with Gasteiger partial charge in [0.2, 0.25) is 0 Å². The predicted molar refractivity (Wildman–Crippen MR) is 80.9 cm³/mol. The number of anilines is 1. The molecule has 6 heteroatoms. The molecule has 0 bridgehead atoms. The molecule has 0 saturated heterocycles. The molecule has 2 N–H and O–H groups in total. The molecule has 0 aliphatic carbocycles. The minimum absolute atomic E-state index is 0.0472. The monoisotopic (exact) mass is 288 g/mol. The molecule has 0 atom stereocenters. The van der Waals surface area contributed by atoms with Crippen molar-refractivity contribution in [2.45, 2.75) is 34.6 Å². The number of ketones is 1. The van der Waals surface area contributed by atoms with Crippen LogP contribution in [0.2, 0.25) is 0 Å². The van der Waals surface area contributed by atoms with Crippen molar-refractivity contribution >= 4 is 17.4 Å². The van der Waals surface area contributed by atoms with Crippen molar-refractivity contribution in [3.63, 3.8) is 0 Å². The van der Waals surface area contributed by atoms with E-state index >= 15 is 0 Å². The molecule has 2 aromatic rings. The summed E-state index contributed by atoms with van der Waals surface area (Å²) in [6.45, 7) is 8.80. The number of hydrogen-bond acceptors (Lipinski definition) is 3. The first-order valence-corrected chi connectivity index (χ1v) is 6.75. The Morgan fingerprint density at radius 1 is 1.19 bits per heavy atom. The third-order valence-corrected chi connectivity index (χ3v) is 3.76. The summed E-state index contributed by atoms with van der Waals surface area (Å²) in [5.41, 5.74) is 4.74. The molecule has 0 aliphatic rings. The van der Waals surface area contributed by atoms with Crippen LogP contribution in [0.3, 0.4) is 0 Å². The van der Waals surface area contributed by atoms with E-state index in [0.29, 0.717) is 28.2 Å². The molecule has 0 aromatic carbocycles. The van der Waals surface area contributed by atoms with E-state index in [9.17, 15) is 9.59 Å². The van der Waals surface area contributed by atoms with Crippen LogP contribution in [0.4, 0.5) is 5.69 Å². The number of rotatable bonds is 3. The molecule has 0 radical (unpaired) electrons. The Morgan fingerprint density at radius 2 is 1.81 bits per heavy atom. The number of H-pyrrole nitrogens is 1. The fourth-order valence-corrected chi connectivity index (χ4v) is 2.64. The topological polar surface area (TPSA) is 79.8 Å². The van der Waals surface area contributed by atoms with Gasteiger partial charge in [-0.1, -0.05) is 0 Å². The Labute approximate surface area is 123 Å². The van der Waals surface area contributed by atoms with E-state index in [2.05, 4.69) is 15.4 Å². The third-order valence-electron chi connectivity index (χ3n) is 3.76. The lowest BCUT2D eigenvalue weighted by atomic mass is 10.1. The third kappa shape index (κ3) is 2.49. The highest BCUT2D eigenvalue weighted by Crippen LogP contribution is 2.22. The average molecular weight is 288 g/mol. The largest absolute Gasteiger partial charge is 0.354 e. The number of nitrogens with one attached hydrogen (secondary N) is 2. The second-order valence-corrected chi connectivity index (χ2v) is 5.30. The van der Waals surface area contributed by atoms with E-state index in [4.69, 9.17) is 0 Å². The molecule has 0 unspecified atom stereocenters. The second-order valence-electron chi connectivity index (χ2n) is 5.30. The Morgan fingerprint density at radius 3 is 2.24 bits per heavy atom. The maximum Gasteiger partial charge on any atom is 0.272 e. The van der Waals surface area contributed by atoms with Crippen LogP contribution in [0.5, 0.6) is 0 Å². The van der Waals surface area contributed by atoms with E-state index in [1.54, 1.807) is 18.5 Å². The first-order chi connectivity index (χ1) is 9.73. The van der Waals surface area contributed by atoms with E-state index in [0.717, 1.165) is 11.4 Å². The number of amides is 1. The number of aryl methyl sites for hydroxylation is 3. The Kier molecular flexibility index (Phi) is 3.72. The van der Waals surface area contributed by atoms with Crippen molar-refractivity contribution in [3.8, 4) is 0 Å². The van der Waals surface area contributed by atoms with Gasteiger partial charge in [-0.15, -0.1) is 0 Å². The molecule has 0 saturated carbocycles. The van der Waals surface area contributed by atoms with Gasteiger partial charge in [0.25, 0.3) is 5.91 Å². The molecule has 2 rings (SSSR count). The van der Waals surface area contributed by atoms with Gasteiger partial charge in [-0.2, -0.15) is 5.10 Å². The average Bonchev–Trinajstić information content (AvgIpc) is 2.80. The first-order valence-electron chi connectivity index (χ1n) is 6.75. The van der Waals surface area contributed by atoms with Gasteiger partial charge >= 0.3 is 0 Å². The quantitative estimate of drug-likeness (QED) is 0.851. The van der Waals surface area contributed by atoms with Crippen molar-refractivity contribution in [3.05, 3.63) is 33.9 Å². The summed E-state index contributed by atoms with van der Waals surface area (Å²) in [7, 11) is 1.83. The molecule has 6 nitrogen and oxygen atoms in total. The predicted octanol–water partition coefficient (Wildman–Crippen LogP) is 2.44. The molecule has 21 heavy (non-hydrogen) atoms. The summed E-state index contributed by atoms with van der Waals surface area (Å²) in [6.07, 6.45) is 0. The van der Waals surface area contributed by atoms with Gasteiger partial charge in [-0.05, 0) is 40.2 Å². The highest BCUT2D eigenvalue weighted by molar-refractivity contribution is 6.08. The van der Waals surface area contributed by atoms with Crippen molar-refractivity contribution < 1.29 is 9.59 Å². The summed E-state index contributed by atoms with van der Waals surface area (Å²) in [5.74, 6) is -0.309. The van der Waals surface area contributed by atoms with Gasteiger partial charge in [0.15, 0.2) is 5.78 Å². The summed E-state index contributed by atoms with van der Waals surface area (Å²) in [5, 5.41) is 7.14. The molecule has 0 aliphatic heterocycles. The lowest BCUT2D eigenvalue weighted by Crippen LogP contribution is -2.15. The maximum absolute atomic E-state index is 12.4. The summed E-state index contributed by atoms with van der Waals surface area (Å²) < 4.78 is 1.72. The van der Waals surface area contributed by atoms with Crippen molar-refractivity contribution in [2.24, 2.45) is 7.05 Å². The minimum Gasteiger partial charge on any atom is -0.354 e. The zero-order valence-electron chi connectivity index (χ0n) is 13.2. The van der Waals surface area contributed by atoms with Gasteiger partial charge in [0.05, 0.1) is 17.1 Å². The molecular weight excluding hydrogens is 268 g/mol. The molecule has 1 amide bonds. The molecule has 112 valence electrons. The zero-order chi connectivity index (χ0) is 15.9. The van der Waals surface area contributed by atoms with Crippen molar-refractivity contribution in [1.29, 1.82) is 0 Å². The Hall–Kier alpha value is -2.37. The zero-order valence-corrected chi connectivity index (χ0v) is 13.2. The van der Waals surface area contributed by atoms with E-state index in [1.165, 1.54) is 6.92 Å². The number of carbonyl (C=O) groups excluding carboxylic acids is 2. The minimum atomic E-state index is -0.262. The smallest absolute Gasteiger partial charge is 0.272 e. The fourth-order valence-electron chi connectivity index (χ4n) is 2.64. The number of hydrogen-bond donors (Lipinski definition) is 2. The lowest BCUT2D eigenvalue weighted by Gasteiger charge is -2.05. The van der Waals surface area contributed by atoms with Gasteiger partial charge < -0.3 is 10.3 Å². The van der Waals surface area contributed by atoms with Crippen LogP contribution in [-0.4, -0.2) is 26.5 Å². The summed E-state index contributed by atoms with van der Waals surface area (Å²) in [6, 6.07) is 0. The van der Waals surface area contributed by atoms with Crippen LogP contribution in [0.1, 0.15) is 50.4 Å². The van der Waals surface area contributed by atoms with Crippen LogP contribution >= 0.6 is 0 Å². The highest BCUT2D eigenvalue weighted by atomic mass is 16.2. The van der Waals surface area contributed by atoms with Crippen molar-refractivity contribution in [2.75, 3.05) is 5.32 Å². The Bertz CT molecular complexity index is 737. The number of nitrogens with zero attached hydrogens (tertiary/aromatic N) is 2. The van der Waals surface area contributed by atoms with Crippen LogP contribution in [0.25, 0.3) is 0 Å². The van der Waals surface area contributed by atoms with E-state index < -0.39 is 0 Å². The second kappa shape index (κ2) is 5.20. The number of Topliss-reactive ketones (excluding diaryl/α,β-unsaturated/α-hetero) is 1. The van der Waals surface area contributed by atoms with Crippen molar-refractivity contribution in [1.82, 2.24) is 14.8 Å². The molecule has 2 heterocycles. The number of carbonyl (C=O) groups is 2. The molecule has 2 aromatic heterocycles. The SMILES string of the molecule is CC(=O)c1c(C)[nH]c(C(=O)Nc2c(C)nn(C)c2C)c1C. The molecule has 0 spiro atoms. The number of aromatic nitrogens is 3. The van der Waals surface area contributed by atoms with E-state index in [1.807, 2.05) is 20.9 Å².